The van der Waals surface area contributed by atoms with E-state index in [1.54, 1.807) is 0 Å². The lowest BCUT2D eigenvalue weighted by atomic mass is 10.0. The Kier molecular flexibility index (Phi) is 2.59. The molecule has 1 N–H and O–H groups in total. The van der Waals surface area contributed by atoms with E-state index in [1.165, 1.54) is 24.0 Å². The predicted molar refractivity (Wildman–Crippen MR) is 62.9 cm³/mol. The Hall–Kier alpha value is -1.22. The lowest BCUT2D eigenvalue weighted by Gasteiger charge is -2.08. The molecule has 0 saturated heterocycles. The molecular formula is C11H12N2S. The van der Waals surface area contributed by atoms with Crippen LogP contribution in [0.15, 0.2) is 23.3 Å². The maximum atomic E-state index is 5.22. The van der Waals surface area contributed by atoms with Gasteiger partial charge in [0.15, 0.2) is 0 Å². The van der Waals surface area contributed by atoms with Crippen LogP contribution < -0.4 is 5.43 Å². The van der Waals surface area contributed by atoms with Crippen LogP contribution in [-0.4, -0.2) is 11.7 Å². The van der Waals surface area contributed by atoms with E-state index in [4.69, 9.17) is 12.2 Å². The van der Waals surface area contributed by atoms with Gasteiger partial charge in [0.2, 0.25) is 0 Å². The van der Waals surface area contributed by atoms with Crippen molar-refractivity contribution in [1.82, 2.24) is 5.43 Å². The van der Waals surface area contributed by atoms with Crippen LogP contribution in [0.4, 0.5) is 0 Å². The number of hydrogen-bond acceptors (Lipinski definition) is 2. The van der Waals surface area contributed by atoms with Gasteiger partial charge in [0.05, 0.1) is 0 Å². The molecule has 0 saturated carbocycles. The van der Waals surface area contributed by atoms with Crippen LogP contribution in [0.3, 0.4) is 0 Å². The SMILES string of the molecule is C=NNC(=S)c1cccc2c1CCC2. The van der Waals surface area contributed by atoms with Crippen LogP contribution >= 0.6 is 12.2 Å². The molecule has 1 aliphatic rings. The van der Waals surface area contributed by atoms with E-state index >= 15 is 0 Å². The summed E-state index contributed by atoms with van der Waals surface area (Å²) in [6.45, 7) is 3.37. The van der Waals surface area contributed by atoms with Gasteiger partial charge < -0.3 is 0 Å². The zero-order valence-electron chi connectivity index (χ0n) is 7.92. The lowest BCUT2D eigenvalue weighted by Crippen LogP contribution is -2.17. The van der Waals surface area contributed by atoms with E-state index in [2.05, 4.69) is 29.4 Å². The highest BCUT2D eigenvalue weighted by molar-refractivity contribution is 7.80. The molecule has 1 aromatic carbocycles. The van der Waals surface area contributed by atoms with Crippen LogP contribution in [0.2, 0.25) is 0 Å². The summed E-state index contributed by atoms with van der Waals surface area (Å²) in [6.07, 6.45) is 3.54. The molecular weight excluding hydrogens is 192 g/mol. The van der Waals surface area contributed by atoms with Gasteiger partial charge in [0.25, 0.3) is 0 Å². The second-order valence-corrected chi connectivity index (χ2v) is 3.80. The van der Waals surface area contributed by atoms with Gasteiger partial charge in [-0.25, -0.2) is 0 Å². The number of nitrogens with one attached hydrogen (secondary N) is 1. The normalized spacial score (nSPS) is 13.4. The van der Waals surface area contributed by atoms with Crippen LogP contribution in [0.1, 0.15) is 23.1 Å². The average molecular weight is 204 g/mol. The number of aryl methyl sites for hydroxylation is 1. The fraction of sp³-hybridized carbons (Fsp3) is 0.273. The molecule has 0 aromatic heterocycles. The third-order valence-corrected chi connectivity index (χ3v) is 2.88. The molecule has 1 aliphatic carbocycles. The first-order valence-corrected chi connectivity index (χ1v) is 5.10. The van der Waals surface area contributed by atoms with Crippen molar-refractivity contribution in [3.05, 3.63) is 34.9 Å². The molecule has 3 heteroatoms. The lowest BCUT2D eigenvalue weighted by molar-refractivity contribution is 0.910. The second kappa shape index (κ2) is 3.88. The van der Waals surface area contributed by atoms with E-state index in [0.29, 0.717) is 4.99 Å². The van der Waals surface area contributed by atoms with Crippen molar-refractivity contribution in [3.8, 4) is 0 Å². The van der Waals surface area contributed by atoms with E-state index in [-0.39, 0.29) is 0 Å². The highest BCUT2D eigenvalue weighted by atomic mass is 32.1. The Bertz CT molecular complexity index is 385. The molecule has 0 atom stereocenters. The molecule has 0 amide bonds. The van der Waals surface area contributed by atoms with Gasteiger partial charge in [0.1, 0.15) is 4.99 Å². The van der Waals surface area contributed by atoms with Crippen LogP contribution in [0, 0.1) is 0 Å². The predicted octanol–water partition coefficient (Wildman–Crippen LogP) is 2.06. The Morgan fingerprint density at radius 2 is 2.29 bits per heavy atom. The number of thiocarbonyl (C=S) groups is 1. The molecule has 0 heterocycles. The van der Waals surface area contributed by atoms with Crippen molar-refractivity contribution in [1.29, 1.82) is 0 Å². The molecule has 0 radical (unpaired) electrons. The first-order valence-electron chi connectivity index (χ1n) is 4.70. The summed E-state index contributed by atoms with van der Waals surface area (Å²) in [6, 6.07) is 6.27. The van der Waals surface area contributed by atoms with E-state index < -0.39 is 0 Å². The number of nitrogens with zero attached hydrogens (tertiary/aromatic N) is 1. The summed E-state index contributed by atoms with van der Waals surface area (Å²) >= 11 is 5.22. The summed E-state index contributed by atoms with van der Waals surface area (Å²) < 4.78 is 0. The zero-order chi connectivity index (χ0) is 9.97. The van der Waals surface area contributed by atoms with Crippen LogP contribution in [-0.2, 0) is 12.8 Å². The van der Waals surface area contributed by atoms with Gasteiger partial charge in [-0.2, -0.15) is 5.10 Å². The summed E-state index contributed by atoms with van der Waals surface area (Å²) in [4.78, 5) is 0.679. The summed E-state index contributed by atoms with van der Waals surface area (Å²) in [5.74, 6) is 0. The van der Waals surface area contributed by atoms with Crippen molar-refractivity contribution in [2.45, 2.75) is 19.3 Å². The number of rotatable bonds is 2. The average Bonchev–Trinajstić information content (AvgIpc) is 2.65. The van der Waals surface area contributed by atoms with Crippen molar-refractivity contribution in [3.63, 3.8) is 0 Å². The first kappa shape index (κ1) is 9.34. The van der Waals surface area contributed by atoms with Gasteiger partial charge >= 0.3 is 0 Å². The third-order valence-electron chi connectivity index (χ3n) is 2.57. The minimum Gasteiger partial charge on any atom is -0.268 e. The Balaban J connectivity index is 2.39. The first-order chi connectivity index (χ1) is 6.83. The fourth-order valence-electron chi connectivity index (χ4n) is 1.96. The third kappa shape index (κ3) is 1.55. The molecule has 14 heavy (non-hydrogen) atoms. The second-order valence-electron chi connectivity index (χ2n) is 3.40. The number of fused-ring (bicyclic) bond motifs is 1. The molecule has 0 spiro atoms. The highest BCUT2D eigenvalue weighted by Crippen LogP contribution is 2.25. The van der Waals surface area contributed by atoms with Crippen molar-refractivity contribution < 1.29 is 0 Å². The highest BCUT2D eigenvalue weighted by Gasteiger charge is 2.15. The monoisotopic (exact) mass is 204 g/mol. The summed E-state index contributed by atoms with van der Waals surface area (Å²) in [5, 5.41) is 3.60. The largest absolute Gasteiger partial charge is 0.268 e. The molecule has 0 fully saturated rings. The molecule has 72 valence electrons. The number of hydrazone groups is 1. The topological polar surface area (TPSA) is 24.4 Å². The smallest absolute Gasteiger partial charge is 0.127 e. The van der Waals surface area contributed by atoms with Crippen molar-refractivity contribution in [2.24, 2.45) is 5.10 Å². The molecule has 0 unspecified atom stereocenters. The Morgan fingerprint density at radius 3 is 3.07 bits per heavy atom. The minimum atomic E-state index is 0.679. The van der Waals surface area contributed by atoms with Crippen LogP contribution in [0.25, 0.3) is 0 Å². The molecule has 0 bridgehead atoms. The Morgan fingerprint density at radius 1 is 1.43 bits per heavy atom. The Labute approximate surface area is 89.0 Å². The van der Waals surface area contributed by atoms with Crippen molar-refractivity contribution in [2.75, 3.05) is 0 Å². The van der Waals surface area contributed by atoms with Crippen LogP contribution in [0.5, 0.6) is 0 Å². The molecule has 2 nitrogen and oxygen atoms in total. The van der Waals surface area contributed by atoms with Gasteiger partial charge in [0, 0.05) is 12.3 Å². The molecule has 0 aliphatic heterocycles. The fourth-order valence-corrected chi connectivity index (χ4v) is 2.22. The van der Waals surface area contributed by atoms with Gasteiger partial charge in [-0.05, 0) is 30.4 Å². The van der Waals surface area contributed by atoms with Gasteiger partial charge in [-0.3, -0.25) is 5.43 Å². The van der Waals surface area contributed by atoms with Crippen molar-refractivity contribution >= 4 is 23.9 Å². The quantitative estimate of drug-likeness (QED) is 0.453. The number of benzene rings is 1. The van der Waals surface area contributed by atoms with E-state index in [0.717, 1.165) is 12.0 Å². The minimum absolute atomic E-state index is 0.679. The molecule has 1 aromatic rings. The zero-order valence-corrected chi connectivity index (χ0v) is 8.73. The standard InChI is InChI=1S/C11H12N2S/c1-12-13-11(14)10-7-3-5-8-4-2-6-9(8)10/h3,5,7H,1-2,4,6H2,(H,13,14). The van der Waals surface area contributed by atoms with Gasteiger partial charge in [-0.1, -0.05) is 30.4 Å². The molecule has 2 rings (SSSR count). The maximum absolute atomic E-state index is 5.22. The van der Waals surface area contributed by atoms with E-state index in [9.17, 15) is 0 Å². The maximum Gasteiger partial charge on any atom is 0.127 e. The van der Waals surface area contributed by atoms with E-state index in [1.807, 2.05) is 6.07 Å². The van der Waals surface area contributed by atoms with Gasteiger partial charge in [-0.15, -0.1) is 0 Å². The summed E-state index contributed by atoms with van der Waals surface area (Å²) in [7, 11) is 0. The summed E-state index contributed by atoms with van der Waals surface area (Å²) in [5.41, 5.74) is 6.66. The number of hydrogen-bond donors (Lipinski definition) is 1.